The zero-order chi connectivity index (χ0) is 9.97. The Balaban J connectivity index is 1.77. The van der Waals surface area contributed by atoms with Crippen molar-refractivity contribution in [3.8, 4) is 0 Å². The standard InChI is InChI=1S/C10H18N2O2/c11-8-3-4-12(7-8)10(13)6-9-2-1-5-14-9/h8-9H,1-7,11H2. The molecule has 2 rings (SSSR count). The smallest absolute Gasteiger partial charge is 0.225 e. The van der Waals surface area contributed by atoms with Crippen LogP contribution in [-0.2, 0) is 9.53 Å². The maximum absolute atomic E-state index is 11.7. The first-order valence-electron chi connectivity index (χ1n) is 5.40. The predicted octanol–water partition coefficient (Wildman–Crippen LogP) is 0.115. The highest BCUT2D eigenvalue weighted by atomic mass is 16.5. The molecule has 0 bridgehead atoms. The summed E-state index contributed by atoms with van der Waals surface area (Å²) in [6, 6.07) is 0.184. The molecule has 4 nitrogen and oxygen atoms in total. The minimum Gasteiger partial charge on any atom is -0.378 e. The monoisotopic (exact) mass is 198 g/mol. The topological polar surface area (TPSA) is 55.6 Å². The fraction of sp³-hybridized carbons (Fsp3) is 0.900. The first-order chi connectivity index (χ1) is 6.75. The van der Waals surface area contributed by atoms with Crippen LogP contribution < -0.4 is 5.73 Å². The van der Waals surface area contributed by atoms with Crippen LogP contribution in [0.25, 0.3) is 0 Å². The van der Waals surface area contributed by atoms with E-state index in [0.717, 1.165) is 39.0 Å². The molecule has 2 saturated heterocycles. The normalized spacial score (nSPS) is 32.5. The third-order valence-electron chi connectivity index (χ3n) is 3.00. The lowest BCUT2D eigenvalue weighted by atomic mass is 10.1. The number of likely N-dealkylation sites (tertiary alicyclic amines) is 1. The number of hydrogen-bond acceptors (Lipinski definition) is 3. The number of carbonyl (C=O) groups is 1. The van der Waals surface area contributed by atoms with Crippen molar-refractivity contribution in [2.75, 3.05) is 19.7 Å². The number of nitrogens with two attached hydrogens (primary N) is 1. The maximum Gasteiger partial charge on any atom is 0.225 e. The SMILES string of the molecule is NC1CCN(C(=O)CC2CCCO2)C1. The van der Waals surface area contributed by atoms with E-state index in [4.69, 9.17) is 10.5 Å². The van der Waals surface area contributed by atoms with E-state index in [2.05, 4.69) is 0 Å². The fourth-order valence-corrected chi connectivity index (χ4v) is 2.14. The Morgan fingerprint density at radius 3 is 2.93 bits per heavy atom. The van der Waals surface area contributed by atoms with Gasteiger partial charge < -0.3 is 15.4 Å². The number of carbonyl (C=O) groups excluding carboxylic acids is 1. The predicted molar refractivity (Wildman–Crippen MR) is 52.8 cm³/mol. The highest BCUT2D eigenvalue weighted by Gasteiger charge is 2.27. The summed E-state index contributed by atoms with van der Waals surface area (Å²) in [6.45, 7) is 2.37. The molecule has 80 valence electrons. The van der Waals surface area contributed by atoms with Crippen molar-refractivity contribution >= 4 is 5.91 Å². The summed E-state index contributed by atoms with van der Waals surface area (Å²) in [7, 11) is 0. The third-order valence-corrected chi connectivity index (χ3v) is 3.00. The van der Waals surface area contributed by atoms with Gasteiger partial charge in [-0.25, -0.2) is 0 Å². The Morgan fingerprint density at radius 1 is 1.50 bits per heavy atom. The van der Waals surface area contributed by atoms with Gasteiger partial charge >= 0.3 is 0 Å². The zero-order valence-electron chi connectivity index (χ0n) is 8.45. The van der Waals surface area contributed by atoms with Crippen LogP contribution in [0.15, 0.2) is 0 Å². The number of nitrogens with zero attached hydrogens (tertiary/aromatic N) is 1. The summed E-state index contributed by atoms with van der Waals surface area (Å²) in [4.78, 5) is 13.6. The van der Waals surface area contributed by atoms with Gasteiger partial charge in [0.2, 0.25) is 5.91 Å². The van der Waals surface area contributed by atoms with Gasteiger partial charge in [-0.3, -0.25) is 4.79 Å². The second-order valence-electron chi connectivity index (χ2n) is 4.23. The van der Waals surface area contributed by atoms with E-state index in [1.54, 1.807) is 0 Å². The molecule has 2 heterocycles. The molecule has 0 aromatic rings. The third kappa shape index (κ3) is 2.25. The first-order valence-corrected chi connectivity index (χ1v) is 5.40. The number of rotatable bonds is 2. The number of hydrogen-bond donors (Lipinski definition) is 1. The lowest BCUT2D eigenvalue weighted by Crippen LogP contribution is -2.33. The van der Waals surface area contributed by atoms with Crippen molar-refractivity contribution in [3.63, 3.8) is 0 Å². The van der Waals surface area contributed by atoms with Gasteiger partial charge in [0.15, 0.2) is 0 Å². The van der Waals surface area contributed by atoms with E-state index in [0.29, 0.717) is 6.42 Å². The Morgan fingerprint density at radius 2 is 2.36 bits per heavy atom. The van der Waals surface area contributed by atoms with E-state index in [1.165, 1.54) is 0 Å². The molecule has 2 aliphatic heterocycles. The molecule has 0 aromatic heterocycles. The van der Waals surface area contributed by atoms with E-state index < -0.39 is 0 Å². The second-order valence-corrected chi connectivity index (χ2v) is 4.23. The molecule has 0 saturated carbocycles. The highest BCUT2D eigenvalue weighted by Crippen LogP contribution is 2.18. The van der Waals surface area contributed by atoms with Crippen LogP contribution in [0.5, 0.6) is 0 Å². The summed E-state index contributed by atoms with van der Waals surface area (Å²) in [6.07, 6.45) is 3.78. The summed E-state index contributed by atoms with van der Waals surface area (Å²) in [5.74, 6) is 0.213. The number of ether oxygens (including phenoxy) is 1. The molecule has 2 atom stereocenters. The number of amides is 1. The Hall–Kier alpha value is -0.610. The van der Waals surface area contributed by atoms with Gasteiger partial charge in [0.05, 0.1) is 12.5 Å². The molecule has 14 heavy (non-hydrogen) atoms. The average Bonchev–Trinajstić information content (AvgIpc) is 2.75. The summed E-state index contributed by atoms with van der Waals surface area (Å²) >= 11 is 0. The molecule has 2 aliphatic rings. The summed E-state index contributed by atoms with van der Waals surface area (Å²) in [5, 5.41) is 0. The van der Waals surface area contributed by atoms with Crippen LogP contribution in [0, 0.1) is 0 Å². The zero-order valence-corrected chi connectivity index (χ0v) is 8.45. The van der Waals surface area contributed by atoms with Gasteiger partial charge in [0.1, 0.15) is 0 Å². The lowest BCUT2D eigenvalue weighted by Gasteiger charge is -2.17. The van der Waals surface area contributed by atoms with Gasteiger partial charge in [-0.05, 0) is 19.3 Å². The molecule has 0 spiro atoms. The van der Waals surface area contributed by atoms with Crippen LogP contribution >= 0.6 is 0 Å². The van der Waals surface area contributed by atoms with Crippen molar-refractivity contribution in [1.29, 1.82) is 0 Å². The van der Waals surface area contributed by atoms with Gasteiger partial charge in [-0.15, -0.1) is 0 Å². The molecule has 4 heteroatoms. The van der Waals surface area contributed by atoms with Gasteiger partial charge in [-0.2, -0.15) is 0 Å². The van der Waals surface area contributed by atoms with Gasteiger partial charge in [0, 0.05) is 25.7 Å². The fourth-order valence-electron chi connectivity index (χ4n) is 2.14. The van der Waals surface area contributed by atoms with E-state index in [1.807, 2.05) is 4.90 Å². The summed E-state index contributed by atoms with van der Waals surface area (Å²) < 4.78 is 5.43. The molecular weight excluding hydrogens is 180 g/mol. The second kappa shape index (κ2) is 4.28. The molecule has 0 radical (unpaired) electrons. The van der Waals surface area contributed by atoms with E-state index in [-0.39, 0.29) is 18.1 Å². The van der Waals surface area contributed by atoms with Gasteiger partial charge in [-0.1, -0.05) is 0 Å². The molecule has 2 N–H and O–H groups in total. The molecular formula is C10H18N2O2. The highest BCUT2D eigenvalue weighted by molar-refractivity contribution is 5.77. The van der Waals surface area contributed by atoms with Crippen molar-refractivity contribution in [3.05, 3.63) is 0 Å². The molecule has 2 unspecified atom stereocenters. The van der Waals surface area contributed by atoms with Crippen LogP contribution in [0.2, 0.25) is 0 Å². The van der Waals surface area contributed by atoms with Gasteiger partial charge in [0.25, 0.3) is 0 Å². The quantitative estimate of drug-likeness (QED) is 0.685. The Kier molecular flexibility index (Phi) is 3.03. The molecule has 0 aromatic carbocycles. The van der Waals surface area contributed by atoms with Crippen LogP contribution in [0.3, 0.4) is 0 Å². The average molecular weight is 198 g/mol. The van der Waals surface area contributed by atoms with Crippen LogP contribution in [0.4, 0.5) is 0 Å². The first kappa shape index (κ1) is 9.93. The largest absolute Gasteiger partial charge is 0.378 e. The van der Waals surface area contributed by atoms with Crippen molar-refractivity contribution in [2.45, 2.75) is 37.8 Å². The molecule has 2 fully saturated rings. The van der Waals surface area contributed by atoms with Crippen molar-refractivity contribution in [2.24, 2.45) is 5.73 Å². The Bertz CT molecular complexity index is 214. The van der Waals surface area contributed by atoms with E-state index >= 15 is 0 Å². The van der Waals surface area contributed by atoms with Crippen molar-refractivity contribution < 1.29 is 9.53 Å². The van der Waals surface area contributed by atoms with Crippen LogP contribution in [-0.4, -0.2) is 42.6 Å². The Labute approximate surface area is 84.4 Å². The van der Waals surface area contributed by atoms with Crippen LogP contribution in [0.1, 0.15) is 25.7 Å². The molecule has 1 amide bonds. The summed E-state index contributed by atoms with van der Waals surface area (Å²) in [5.41, 5.74) is 5.75. The maximum atomic E-state index is 11.7. The molecule has 0 aliphatic carbocycles. The van der Waals surface area contributed by atoms with E-state index in [9.17, 15) is 4.79 Å². The minimum absolute atomic E-state index is 0.166. The van der Waals surface area contributed by atoms with Crippen molar-refractivity contribution in [1.82, 2.24) is 4.90 Å². The lowest BCUT2D eigenvalue weighted by molar-refractivity contribution is -0.132. The minimum atomic E-state index is 0.166.